The maximum atomic E-state index is 12.0. The SMILES string of the molecule is C=C(C)C(=O)OC.C=C(C)C(=O)[O][Sn]([CH2]CC)([CH2]CC)[CH2]CC.C=C(C)C(=O)[O][Sn]([CH2]CCC)([CH2]CCC)[CH2]CCC. The molecule has 0 radical (unpaired) electrons. The molecule has 0 aromatic carbocycles. The van der Waals surface area contributed by atoms with Gasteiger partial charge in [-0.1, -0.05) is 6.58 Å². The molecule has 8 heteroatoms. The van der Waals surface area contributed by atoms with Gasteiger partial charge in [-0.3, -0.25) is 0 Å². The minimum absolute atomic E-state index is 0.126. The van der Waals surface area contributed by atoms with Crippen LogP contribution in [0.1, 0.15) is 120 Å². The maximum absolute atomic E-state index is 12.0. The minimum atomic E-state index is -2.74. The van der Waals surface area contributed by atoms with Crippen molar-refractivity contribution >= 4 is 55.5 Å². The summed E-state index contributed by atoms with van der Waals surface area (Å²) in [5.41, 5.74) is 1.54. The van der Waals surface area contributed by atoms with Crippen LogP contribution < -0.4 is 0 Å². The van der Waals surface area contributed by atoms with Crippen LogP contribution in [-0.2, 0) is 25.3 Å². The zero-order valence-corrected chi connectivity index (χ0v) is 34.9. The van der Waals surface area contributed by atoms with Crippen molar-refractivity contribution in [2.75, 3.05) is 7.11 Å². The van der Waals surface area contributed by atoms with Crippen molar-refractivity contribution in [2.24, 2.45) is 0 Å². The molecule has 0 aromatic heterocycles. The number of hydrogen-bond donors (Lipinski definition) is 0. The molecule has 0 heterocycles. The molecular weight excluding hydrogens is 742 g/mol. The van der Waals surface area contributed by atoms with Crippen LogP contribution in [0.4, 0.5) is 0 Å². The summed E-state index contributed by atoms with van der Waals surface area (Å²) in [4.78, 5) is 33.9. The fourth-order valence-corrected chi connectivity index (χ4v) is 30.3. The first-order chi connectivity index (χ1) is 19.7. The number of carbonyl (C=O) groups is 3. The first-order valence-electron chi connectivity index (χ1n) is 16.2. The Balaban J connectivity index is -0.000000597. The van der Waals surface area contributed by atoms with Gasteiger partial charge in [0.15, 0.2) is 0 Å². The Morgan fingerprint density at radius 2 is 0.738 bits per heavy atom. The molecule has 0 aliphatic rings. The quantitative estimate of drug-likeness (QED) is 0.0693. The van der Waals surface area contributed by atoms with Gasteiger partial charge in [-0.05, 0) is 6.92 Å². The van der Waals surface area contributed by atoms with Crippen molar-refractivity contribution in [1.82, 2.24) is 0 Å². The number of esters is 1. The van der Waals surface area contributed by atoms with E-state index in [1.54, 1.807) is 20.8 Å². The van der Waals surface area contributed by atoms with E-state index in [0.717, 1.165) is 32.6 Å². The molecule has 0 atom stereocenters. The van der Waals surface area contributed by atoms with Crippen molar-refractivity contribution in [2.45, 2.75) is 147 Å². The van der Waals surface area contributed by atoms with Crippen molar-refractivity contribution in [3.05, 3.63) is 36.5 Å². The topological polar surface area (TPSA) is 78.9 Å². The third kappa shape index (κ3) is 22.7. The summed E-state index contributed by atoms with van der Waals surface area (Å²) in [6, 6.07) is 0. The van der Waals surface area contributed by atoms with Gasteiger partial charge in [-0.15, -0.1) is 0 Å². The third-order valence-corrected chi connectivity index (χ3v) is 33.4. The molecule has 0 rings (SSSR count). The van der Waals surface area contributed by atoms with Gasteiger partial charge in [-0.25, -0.2) is 4.79 Å². The van der Waals surface area contributed by atoms with Crippen LogP contribution in [0, 0.1) is 0 Å². The van der Waals surface area contributed by atoms with Crippen molar-refractivity contribution in [3.8, 4) is 0 Å². The summed E-state index contributed by atoms with van der Waals surface area (Å²) in [5.74, 6) is -0.620. The molecule has 0 spiro atoms. The van der Waals surface area contributed by atoms with Crippen LogP contribution in [0.2, 0.25) is 26.6 Å². The molecule has 0 bridgehead atoms. The fourth-order valence-electron chi connectivity index (χ4n) is 4.66. The van der Waals surface area contributed by atoms with Crippen LogP contribution in [0.15, 0.2) is 36.5 Å². The van der Waals surface area contributed by atoms with Gasteiger partial charge in [0, 0.05) is 5.57 Å². The Bertz CT molecular complexity index is 767. The van der Waals surface area contributed by atoms with E-state index in [0.29, 0.717) is 16.7 Å². The zero-order valence-electron chi connectivity index (χ0n) is 29.2. The van der Waals surface area contributed by atoms with Crippen LogP contribution in [-0.4, -0.2) is 62.6 Å². The molecule has 0 amide bonds. The molecule has 0 fully saturated rings. The van der Waals surface area contributed by atoms with E-state index < -0.39 is 37.6 Å². The summed E-state index contributed by atoms with van der Waals surface area (Å²) in [5, 5.41) is 0. The van der Waals surface area contributed by atoms with Crippen LogP contribution in [0.5, 0.6) is 0 Å². The van der Waals surface area contributed by atoms with E-state index in [2.05, 4.69) is 66.0 Å². The van der Waals surface area contributed by atoms with Gasteiger partial charge in [0.25, 0.3) is 0 Å². The second kappa shape index (κ2) is 27.8. The van der Waals surface area contributed by atoms with E-state index in [1.165, 1.54) is 58.9 Å². The monoisotopic (exact) mass is 810 g/mol. The normalized spacial score (nSPS) is 10.7. The van der Waals surface area contributed by atoms with Crippen LogP contribution in [0.25, 0.3) is 0 Å². The van der Waals surface area contributed by atoms with Crippen LogP contribution >= 0.6 is 0 Å². The van der Waals surface area contributed by atoms with Crippen molar-refractivity contribution < 1.29 is 25.3 Å². The number of rotatable bonds is 20. The molecule has 0 saturated heterocycles. The summed E-state index contributed by atoms with van der Waals surface area (Å²) >= 11 is -5.37. The van der Waals surface area contributed by atoms with E-state index >= 15 is 0 Å². The molecule has 0 aliphatic carbocycles. The molecule has 6 nitrogen and oxygen atoms in total. The average Bonchev–Trinajstić information content (AvgIpc) is 2.94. The van der Waals surface area contributed by atoms with Gasteiger partial charge in [0.2, 0.25) is 0 Å². The Morgan fingerprint density at radius 3 is 0.905 bits per heavy atom. The Kier molecular flexibility index (Phi) is 30.2. The standard InChI is InChI=1S/C5H8O2.2C4H6O2.3C4H9.3C3H7.2Sn/c1-4(2)5(6)7-3;2*1-3(2)4(5)6;3*1-3-4-2;3*1-3-2;;/h1H2,2-3H3;2*1H2,2H3,(H,5,6);3*1,3-4H2,2H3;3*1,3H2,2H3;;/q;;;;;;;;;2*+1/p-2. The Morgan fingerprint density at radius 1 is 0.476 bits per heavy atom. The van der Waals surface area contributed by atoms with Gasteiger partial charge < -0.3 is 4.74 Å². The molecule has 246 valence electrons. The zero-order chi connectivity index (χ0) is 33.2. The third-order valence-electron chi connectivity index (χ3n) is 6.92. The number of ether oxygens (including phenoxy) is 1. The van der Waals surface area contributed by atoms with Crippen LogP contribution in [0.3, 0.4) is 0 Å². The van der Waals surface area contributed by atoms with E-state index in [-0.39, 0.29) is 17.9 Å². The molecule has 0 unspecified atom stereocenters. The summed E-state index contributed by atoms with van der Waals surface area (Å²) < 4.78 is 23.3. The van der Waals surface area contributed by atoms with Crippen molar-refractivity contribution in [1.29, 1.82) is 0 Å². The second-order valence-corrected chi connectivity index (χ2v) is 34.8. The molecule has 42 heavy (non-hydrogen) atoms. The number of unbranched alkanes of at least 4 members (excludes halogenated alkanes) is 3. The number of hydrogen-bond acceptors (Lipinski definition) is 6. The first-order valence-corrected chi connectivity index (χ1v) is 30.7. The van der Waals surface area contributed by atoms with Gasteiger partial charge in [0.1, 0.15) is 0 Å². The Hall–Kier alpha value is -0.773. The predicted octanol–water partition coefficient (Wildman–Crippen LogP) is 10.5. The van der Waals surface area contributed by atoms with Gasteiger partial charge in [-0.2, -0.15) is 0 Å². The fraction of sp³-hybridized carbons (Fsp3) is 0.735. The average molecular weight is 808 g/mol. The number of methoxy groups -OCH3 is 1. The van der Waals surface area contributed by atoms with E-state index in [4.69, 9.17) is 6.15 Å². The molecule has 0 saturated carbocycles. The molecule has 0 aliphatic heterocycles. The molecule has 0 aromatic rings. The first kappa shape index (κ1) is 45.7. The number of carbonyl (C=O) groups excluding carboxylic acids is 3. The summed E-state index contributed by atoms with van der Waals surface area (Å²) in [7, 11) is 1.33. The predicted molar refractivity (Wildman–Crippen MR) is 185 cm³/mol. The van der Waals surface area contributed by atoms with E-state index in [9.17, 15) is 14.4 Å². The van der Waals surface area contributed by atoms with E-state index in [1.807, 2.05) is 0 Å². The Labute approximate surface area is 269 Å². The van der Waals surface area contributed by atoms with Gasteiger partial charge >= 0.3 is 235 Å². The molecule has 0 N–H and O–H groups in total. The molecular formula is C34H66O6Sn2. The summed E-state index contributed by atoms with van der Waals surface area (Å²) in [6.45, 7) is 29.1. The second-order valence-electron chi connectivity index (χ2n) is 11.5. The van der Waals surface area contributed by atoms with Gasteiger partial charge in [0.05, 0.1) is 7.11 Å². The van der Waals surface area contributed by atoms with Crippen molar-refractivity contribution in [3.63, 3.8) is 0 Å². The summed E-state index contributed by atoms with van der Waals surface area (Å²) in [6.07, 6.45) is 10.6.